The Morgan fingerprint density at radius 1 is 1.38 bits per heavy atom. The molecule has 2 fully saturated rings. The number of carbonyl (C=O) groups is 2. The number of rotatable bonds is 1. The van der Waals surface area contributed by atoms with Gasteiger partial charge in [-0.3, -0.25) is 4.90 Å². The van der Waals surface area contributed by atoms with Crippen LogP contribution in [0.25, 0.3) is 0 Å². The molecule has 3 unspecified atom stereocenters. The first-order valence-electron chi connectivity index (χ1n) is 7.15. The van der Waals surface area contributed by atoms with E-state index in [1.54, 1.807) is 20.8 Å². The molecule has 1 amide bonds. The van der Waals surface area contributed by atoms with E-state index >= 15 is 0 Å². The highest BCUT2D eigenvalue weighted by Gasteiger charge is 2.55. The number of carboxylic acids is 1. The Bertz CT molecular complexity index is 432. The number of nitrogens with zero attached hydrogens (tertiary/aromatic N) is 1. The van der Waals surface area contributed by atoms with Gasteiger partial charge in [0.15, 0.2) is 11.8 Å². The molecule has 0 aliphatic carbocycles. The van der Waals surface area contributed by atoms with Crippen molar-refractivity contribution >= 4 is 12.1 Å². The van der Waals surface area contributed by atoms with Crippen molar-refractivity contribution in [1.82, 2.24) is 4.90 Å². The minimum atomic E-state index is -1.09. The van der Waals surface area contributed by atoms with Crippen LogP contribution in [0.2, 0.25) is 0 Å². The van der Waals surface area contributed by atoms with Crippen molar-refractivity contribution in [2.24, 2.45) is 0 Å². The summed E-state index contributed by atoms with van der Waals surface area (Å²) in [7, 11) is 0. The summed E-state index contributed by atoms with van der Waals surface area (Å²) >= 11 is 0. The van der Waals surface area contributed by atoms with Crippen molar-refractivity contribution in [1.29, 1.82) is 0 Å². The number of amides is 1. The van der Waals surface area contributed by atoms with Crippen LogP contribution in [-0.4, -0.2) is 58.8 Å². The second kappa shape index (κ2) is 5.46. The highest BCUT2D eigenvalue weighted by atomic mass is 16.6. The quantitative estimate of drug-likeness (QED) is 0.792. The molecule has 0 saturated carbocycles. The average molecular weight is 301 g/mol. The number of hydrogen-bond donors (Lipinski definition) is 1. The van der Waals surface area contributed by atoms with E-state index in [2.05, 4.69) is 0 Å². The number of carboxylic acid groups (broad SMARTS) is 1. The molecular formula is C14H23NO6. The zero-order valence-electron chi connectivity index (χ0n) is 12.9. The lowest BCUT2D eigenvalue weighted by Gasteiger charge is -2.42. The Morgan fingerprint density at radius 2 is 2.05 bits per heavy atom. The molecule has 3 atom stereocenters. The summed E-state index contributed by atoms with van der Waals surface area (Å²) < 4.78 is 16.6. The van der Waals surface area contributed by atoms with Crippen molar-refractivity contribution in [3.63, 3.8) is 0 Å². The molecule has 0 bridgehead atoms. The maximum absolute atomic E-state index is 12.5. The number of aliphatic carboxylic acids is 1. The van der Waals surface area contributed by atoms with Gasteiger partial charge < -0.3 is 19.3 Å². The summed E-state index contributed by atoms with van der Waals surface area (Å²) in [5.41, 5.74) is -1.64. The third kappa shape index (κ3) is 3.29. The molecule has 0 aromatic heterocycles. The van der Waals surface area contributed by atoms with Gasteiger partial charge in [-0.15, -0.1) is 0 Å². The van der Waals surface area contributed by atoms with Gasteiger partial charge in [-0.2, -0.15) is 0 Å². The molecule has 1 N–H and O–H groups in total. The lowest BCUT2D eigenvalue weighted by atomic mass is 9.98. The molecule has 120 valence electrons. The molecule has 2 heterocycles. The molecule has 0 radical (unpaired) electrons. The molecular weight excluding hydrogens is 278 g/mol. The van der Waals surface area contributed by atoms with Crippen LogP contribution in [0.1, 0.15) is 40.5 Å². The van der Waals surface area contributed by atoms with E-state index in [1.807, 2.05) is 6.92 Å². The maximum atomic E-state index is 12.5. The van der Waals surface area contributed by atoms with Crippen LogP contribution in [-0.2, 0) is 19.0 Å². The highest BCUT2D eigenvalue weighted by molar-refractivity contribution is 5.81. The molecule has 0 aromatic rings. The first-order valence-corrected chi connectivity index (χ1v) is 7.15. The largest absolute Gasteiger partial charge is 0.480 e. The highest BCUT2D eigenvalue weighted by Crippen LogP contribution is 2.39. The summed E-state index contributed by atoms with van der Waals surface area (Å²) in [5, 5.41) is 9.35. The zero-order chi connectivity index (χ0) is 15.8. The fourth-order valence-corrected chi connectivity index (χ4v) is 2.83. The Balaban J connectivity index is 2.28. The van der Waals surface area contributed by atoms with E-state index in [4.69, 9.17) is 14.2 Å². The Kier molecular flexibility index (Phi) is 4.17. The van der Waals surface area contributed by atoms with Gasteiger partial charge in [0.2, 0.25) is 0 Å². The molecule has 2 rings (SSSR count). The van der Waals surface area contributed by atoms with Gasteiger partial charge in [-0.1, -0.05) is 0 Å². The van der Waals surface area contributed by atoms with Gasteiger partial charge in [0.25, 0.3) is 0 Å². The molecule has 0 aromatic carbocycles. The summed E-state index contributed by atoms with van der Waals surface area (Å²) in [6.07, 6.45) is 0.133. The summed E-state index contributed by atoms with van der Waals surface area (Å²) in [6, 6.07) is -1.02. The van der Waals surface area contributed by atoms with Crippen molar-refractivity contribution in [2.45, 2.75) is 64.0 Å². The van der Waals surface area contributed by atoms with Gasteiger partial charge in [-0.25, -0.2) is 9.59 Å². The Morgan fingerprint density at radius 3 is 2.57 bits per heavy atom. The minimum Gasteiger partial charge on any atom is -0.480 e. The van der Waals surface area contributed by atoms with E-state index in [-0.39, 0.29) is 12.7 Å². The van der Waals surface area contributed by atoms with Crippen molar-refractivity contribution in [2.75, 3.05) is 13.2 Å². The van der Waals surface area contributed by atoms with Crippen LogP contribution in [0.3, 0.4) is 0 Å². The van der Waals surface area contributed by atoms with Crippen molar-refractivity contribution in [3.05, 3.63) is 0 Å². The van der Waals surface area contributed by atoms with Crippen LogP contribution in [0, 0.1) is 0 Å². The third-order valence-corrected chi connectivity index (χ3v) is 3.64. The SMILES string of the molecule is CC1CC2(CCO1)OCC(C(=O)O)N2C(=O)OC(C)(C)C. The molecule has 2 saturated heterocycles. The van der Waals surface area contributed by atoms with E-state index in [1.165, 1.54) is 4.90 Å². The zero-order valence-corrected chi connectivity index (χ0v) is 12.9. The first kappa shape index (κ1) is 16.0. The van der Waals surface area contributed by atoms with E-state index < -0.39 is 29.4 Å². The smallest absolute Gasteiger partial charge is 0.413 e. The van der Waals surface area contributed by atoms with Crippen LogP contribution in [0.4, 0.5) is 4.79 Å². The average Bonchev–Trinajstić information content (AvgIpc) is 2.65. The van der Waals surface area contributed by atoms with Crippen LogP contribution >= 0.6 is 0 Å². The Hall–Kier alpha value is -1.34. The van der Waals surface area contributed by atoms with Gasteiger partial charge in [0.1, 0.15) is 5.60 Å². The van der Waals surface area contributed by atoms with E-state index in [0.29, 0.717) is 19.4 Å². The first-order chi connectivity index (χ1) is 9.65. The summed E-state index contributed by atoms with van der Waals surface area (Å²) in [6.45, 7) is 7.52. The lowest BCUT2D eigenvalue weighted by Crippen LogP contribution is -2.58. The number of carbonyl (C=O) groups excluding carboxylic acids is 1. The van der Waals surface area contributed by atoms with Crippen molar-refractivity contribution in [3.8, 4) is 0 Å². The molecule has 1 spiro atoms. The second-order valence-electron chi connectivity index (χ2n) is 6.60. The maximum Gasteiger partial charge on any atom is 0.413 e. The molecule has 7 heteroatoms. The van der Waals surface area contributed by atoms with Crippen LogP contribution < -0.4 is 0 Å². The Labute approximate surface area is 124 Å². The van der Waals surface area contributed by atoms with Crippen LogP contribution in [0.15, 0.2) is 0 Å². The van der Waals surface area contributed by atoms with Gasteiger partial charge in [-0.05, 0) is 27.7 Å². The second-order valence-corrected chi connectivity index (χ2v) is 6.60. The van der Waals surface area contributed by atoms with E-state index in [0.717, 1.165) is 0 Å². The van der Waals surface area contributed by atoms with Gasteiger partial charge in [0, 0.05) is 12.8 Å². The predicted molar refractivity (Wildman–Crippen MR) is 72.8 cm³/mol. The predicted octanol–water partition coefficient (Wildman–Crippen LogP) is 1.60. The third-order valence-electron chi connectivity index (χ3n) is 3.64. The topological polar surface area (TPSA) is 85.3 Å². The fourth-order valence-electron chi connectivity index (χ4n) is 2.83. The summed E-state index contributed by atoms with van der Waals surface area (Å²) in [4.78, 5) is 25.2. The number of hydrogen-bond acceptors (Lipinski definition) is 5. The lowest BCUT2D eigenvalue weighted by molar-refractivity contribution is -0.165. The van der Waals surface area contributed by atoms with E-state index in [9.17, 15) is 14.7 Å². The van der Waals surface area contributed by atoms with Gasteiger partial charge >= 0.3 is 12.1 Å². The monoisotopic (exact) mass is 301 g/mol. The van der Waals surface area contributed by atoms with Gasteiger partial charge in [0.05, 0.1) is 19.3 Å². The van der Waals surface area contributed by atoms with Crippen molar-refractivity contribution < 1.29 is 28.9 Å². The normalized spacial score (nSPS) is 33.2. The minimum absolute atomic E-state index is 0.0265. The van der Waals surface area contributed by atoms with Crippen LogP contribution in [0.5, 0.6) is 0 Å². The molecule has 21 heavy (non-hydrogen) atoms. The molecule has 7 nitrogen and oxygen atoms in total. The standard InChI is InChI=1S/C14H23NO6/c1-9-7-14(5-6-19-9)15(10(8-20-14)11(16)17)12(18)21-13(2,3)4/h9-10H,5-8H2,1-4H3,(H,16,17). The molecule has 2 aliphatic heterocycles. The number of ether oxygens (including phenoxy) is 3. The molecule has 2 aliphatic rings. The summed E-state index contributed by atoms with van der Waals surface area (Å²) in [5.74, 6) is -1.09. The fraction of sp³-hybridized carbons (Fsp3) is 0.857.